The lowest BCUT2D eigenvalue weighted by Gasteiger charge is -2.08. The number of carbonyl (C=O) groups excluding carboxylic acids is 1. The zero-order valence-corrected chi connectivity index (χ0v) is 5.79. The summed E-state index contributed by atoms with van der Waals surface area (Å²) in [5.74, 6) is -0.319. The maximum atomic E-state index is 10.6. The maximum Gasteiger partial charge on any atom is 0.183 e. The Kier molecular flexibility index (Phi) is 3.17. The second-order valence-corrected chi connectivity index (χ2v) is 2.30. The molecule has 0 spiro atoms. The van der Waals surface area contributed by atoms with Crippen molar-refractivity contribution in [3.8, 4) is 0 Å². The van der Waals surface area contributed by atoms with Gasteiger partial charge in [0.2, 0.25) is 0 Å². The first-order chi connectivity index (χ1) is 4.09. The van der Waals surface area contributed by atoms with Gasteiger partial charge in [-0.1, -0.05) is 20.4 Å². The zero-order chi connectivity index (χ0) is 7.44. The summed E-state index contributed by atoms with van der Waals surface area (Å²) >= 11 is 0. The van der Waals surface area contributed by atoms with E-state index in [-0.39, 0.29) is 11.7 Å². The van der Waals surface area contributed by atoms with Gasteiger partial charge < -0.3 is 5.11 Å². The molecule has 0 aromatic rings. The van der Waals surface area contributed by atoms with Crippen LogP contribution in [0.4, 0.5) is 0 Å². The largest absolute Gasteiger partial charge is 0.385 e. The first-order valence-electron chi connectivity index (χ1n) is 2.94. The monoisotopic (exact) mass is 128 g/mol. The minimum Gasteiger partial charge on any atom is -0.385 e. The third-order valence-electron chi connectivity index (χ3n) is 1.12. The predicted octanol–water partition coefficient (Wildman–Crippen LogP) is 0.758. The van der Waals surface area contributed by atoms with E-state index in [0.717, 1.165) is 6.08 Å². The number of rotatable bonds is 3. The molecule has 52 valence electrons. The fourth-order valence-corrected chi connectivity index (χ4v) is 0.449. The molecule has 0 radical (unpaired) electrons. The molecule has 0 aliphatic heterocycles. The molecule has 0 fully saturated rings. The average Bonchev–Trinajstić information content (AvgIpc) is 1.84. The molecule has 0 aromatic carbocycles. The molecule has 1 N–H and O–H groups in total. The normalized spacial score (nSPS) is 13.3. The number of carbonyl (C=O) groups is 1. The van der Waals surface area contributed by atoms with E-state index in [1.807, 2.05) is 0 Å². The minimum atomic E-state index is -0.873. The van der Waals surface area contributed by atoms with Crippen molar-refractivity contribution >= 4 is 5.78 Å². The summed E-state index contributed by atoms with van der Waals surface area (Å²) in [7, 11) is 0. The van der Waals surface area contributed by atoms with Crippen molar-refractivity contribution in [1.29, 1.82) is 0 Å². The molecule has 1 atom stereocenters. The Bertz CT molecular complexity index is 116. The van der Waals surface area contributed by atoms with E-state index in [4.69, 9.17) is 5.11 Å². The molecule has 2 nitrogen and oxygen atoms in total. The van der Waals surface area contributed by atoms with Gasteiger partial charge in [-0.05, 0) is 12.0 Å². The summed E-state index contributed by atoms with van der Waals surface area (Å²) in [5, 5.41) is 8.97. The van der Waals surface area contributed by atoms with Gasteiger partial charge in [-0.25, -0.2) is 0 Å². The Labute approximate surface area is 55.2 Å². The highest BCUT2D eigenvalue weighted by molar-refractivity contribution is 5.92. The third-order valence-corrected chi connectivity index (χ3v) is 1.12. The van der Waals surface area contributed by atoms with Crippen molar-refractivity contribution < 1.29 is 9.90 Å². The van der Waals surface area contributed by atoms with Gasteiger partial charge in [0.15, 0.2) is 5.78 Å². The third kappa shape index (κ3) is 2.42. The van der Waals surface area contributed by atoms with Crippen molar-refractivity contribution in [2.45, 2.75) is 20.0 Å². The maximum absolute atomic E-state index is 10.6. The molecule has 0 bridgehead atoms. The van der Waals surface area contributed by atoms with Crippen LogP contribution in [0.25, 0.3) is 0 Å². The number of aliphatic hydroxyl groups is 1. The lowest BCUT2D eigenvalue weighted by Crippen LogP contribution is -2.23. The van der Waals surface area contributed by atoms with E-state index in [1.54, 1.807) is 13.8 Å². The van der Waals surface area contributed by atoms with E-state index >= 15 is 0 Å². The Hall–Kier alpha value is -0.630. The van der Waals surface area contributed by atoms with E-state index < -0.39 is 6.10 Å². The molecule has 2 heteroatoms. The van der Waals surface area contributed by atoms with E-state index in [2.05, 4.69) is 6.58 Å². The van der Waals surface area contributed by atoms with Crippen LogP contribution >= 0.6 is 0 Å². The molecule has 0 aliphatic rings. The Balaban J connectivity index is 3.87. The van der Waals surface area contributed by atoms with Gasteiger partial charge in [-0.15, -0.1) is 0 Å². The SMILES string of the molecule is C=CC(=O)[C@@H](O)C(C)C. The van der Waals surface area contributed by atoms with E-state index in [0.29, 0.717) is 0 Å². The van der Waals surface area contributed by atoms with Crippen LogP contribution in [0.3, 0.4) is 0 Å². The molecule has 0 aliphatic carbocycles. The first-order valence-corrected chi connectivity index (χ1v) is 2.94. The van der Waals surface area contributed by atoms with Gasteiger partial charge in [0.05, 0.1) is 0 Å². The molecular weight excluding hydrogens is 116 g/mol. The van der Waals surface area contributed by atoms with Crippen molar-refractivity contribution in [2.24, 2.45) is 5.92 Å². The van der Waals surface area contributed by atoms with Gasteiger partial charge >= 0.3 is 0 Å². The summed E-state index contributed by atoms with van der Waals surface area (Å²) in [6.07, 6.45) is 0.271. The highest BCUT2D eigenvalue weighted by atomic mass is 16.3. The van der Waals surface area contributed by atoms with Gasteiger partial charge in [0.25, 0.3) is 0 Å². The molecule has 9 heavy (non-hydrogen) atoms. The Morgan fingerprint density at radius 3 is 2.22 bits per heavy atom. The Morgan fingerprint density at radius 1 is 1.67 bits per heavy atom. The van der Waals surface area contributed by atoms with Crippen LogP contribution in [0, 0.1) is 5.92 Å². The highest BCUT2D eigenvalue weighted by Crippen LogP contribution is 2.01. The van der Waals surface area contributed by atoms with E-state index in [1.165, 1.54) is 0 Å². The second-order valence-electron chi connectivity index (χ2n) is 2.30. The average molecular weight is 128 g/mol. The van der Waals surface area contributed by atoms with Crippen LogP contribution in [-0.4, -0.2) is 17.0 Å². The van der Waals surface area contributed by atoms with Crippen LogP contribution in [0.2, 0.25) is 0 Å². The van der Waals surface area contributed by atoms with Gasteiger partial charge in [0.1, 0.15) is 6.10 Å². The molecule has 0 amide bonds. The topological polar surface area (TPSA) is 37.3 Å². The van der Waals surface area contributed by atoms with Crippen LogP contribution in [-0.2, 0) is 4.79 Å². The summed E-state index contributed by atoms with van der Waals surface area (Å²) < 4.78 is 0. The number of aliphatic hydroxyl groups excluding tert-OH is 1. The Morgan fingerprint density at radius 2 is 2.11 bits per heavy atom. The van der Waals surface area contributed by atoms with Gasteiger partial charge in [-0.2, -0.15) is 0 Å². The summed E-state index contributed by atoms with van der Waals surface area (Å²) in [5.41, 5.74) is 0. The quantitative estimate of drug-likeness (QED) is 0.570. The first kappa shape index (κ1) is 8.37. The van der Waals surface area contributed by atoms with Crippen molar-refractivity contribution in [3.63, 3.8) is 0 Å². The van der Waals surface area contributed by atoms with Crippen LogP contribution in [0.15, 0.2) is 12.7 Å². The van der Waals surface area contributed by atoms with Crippen molar-refractivity contribution in [2.75, 3.05) is 0 Å². The molecule has 0 saturated heterocycles. The zero-order valence-electron chi connectivity index (χ0n) is 5.79. The van der Waals surface area contributed by atoms with E-state index in [9.17, 15) is 4.79 Å². The van der Waals surface area contributed by atoms with Gasteiger partial charge in [0, 0.05) is 0 Å². The summed E-state index contributed by atoms with van der Waals surface area (Å²) in [6, 6.07) is 0. The predicted molar refractivity (Wildman–Crippen MR) is 36.0 cm³/mol. The molecule has 0 rings (SSSR count). The molecule has 0 heterocycles. The lowest BCUT2D eigenvalue weighted by atomic mass is 10.0. The molecule has 0 saturated carbocycles. The van der Waals surface area contributed by atoms with Crippen LogP contribution in [0.1, 0.15) is 13.8 Å². The van der Waals surface area contributed by atoms with Crippen molar-refractivity contribution in [3.05, 3.63) is 12.7 Å². The van der Waals surface area contributed by atoms with Crippen LogP contribution < -0.4 is 0 Å². The molecule has 0 aromatic heterocycles. The summed E-state index contributed by atoms with van der Waals surface area (Å²) in [6.45, 7) is 6.82. The number of hydrogen-bond donors (Lipinski definition) is 1. The fourth-order valence-electron chi connectivity index (χ4n) is 0.449. The lowest BCUT2D eigenvalue weighted by molar-refractivity contribution is -0.124. The number of hydrogen-bond acceptors (Lipinski definition) is 2. The highest BCUT2D eigenvalue weighted by Gasteiger charge is 2.14. The summed E-state index contributed by atoms with van der Waals surface area (Å²) in [4.78, 5) is 10.6. The van der Waals surface area contributed by atoms with Crippen LogP contribution in [0.5, 0.6) is 0 Å². The number of ketones is 1. The fraction of sp³-hybridized carbons (Fsp3) is 0.571. The minimum absolute atomic E-state index is 0.0181. The molecule has 0 unspecified atom stereocenters. The second kappa shape index (κ2) is 3.41. The standard InChI is InChI=1S/C7H12O2/c1-4-6(8)7(9)5(2)3/h4-5,7,9H,1H2,2-3H3/t7-/m0/s1. The van der Waals surface area contributed by atoms with Crippen molar-refractivity contribution in [1.82, 2.24) is 0 Å². The smallest absolute Gasteiger partial charge is 0.183 e. The van der Waals surface area contributed by atoms with Gasteiger partial charge in [-0.3, -0.25) is 4.79 Å². The molecular formula is C7H12O2.